The molecular weight excluding hydrogens is 254 g/mol. The summed E-state index contributed by atoms with van der Waals surface area (Å²) >= 11 is 0. The summed E-state index contributed by atoms with van der Waals surface area (Å²) in [6, 6.07) is 7.61. The second-order valence-electron chi connectivity index (χ2n) is 7.38. The molecule has 0 spiro atoms. The van der Waals surface area contributed by atoms with Crippen LogP contribution in [0.2, 0.25) is 0 Å². The molecule has 1 saturated carbocycles. The summed E-state index contributed by atoms with van der Waals surface area (Å²) in [7, 11) is 0. The summed E-state index contributed by atoms with van der Waals surface area (Å²) in [6.07, 6.45) is 5.34. The lowest BCUT2D eigenvalue weighted by molar-refractivity contribution is 0.171. The van der Waals surface area contributed by atoms with Gasteiger partial charge in [0.25, 0.3) is 0 Å². The van der Waals surface area contributed by atoms with Gasteiger partial charge in [-0.15, -0.1) is 0 Å². The van der Waals surface area contributed by atoms with Gasteiger partial charge in [0, 0.05) is 6.04 Å². The van der Waals surface area contributed by atoms with Gasteiger partial charge in [0.1, 0.15) is 0 Å². The van der Waals surface area contributed by atoms with Crippen LogP contribution in [0.1, 0.15) is 69.2 Å². The molecule has 0 amide bonds. The topological polar surface area (TPSA) is 12.0 Å². The van der Waals surface area contributed by atoms with Gasteiger partial charge < -0.3 is 5.32 Å². The quantitative estimate of drug-likeness (QED) is 0.763. The van der Waals surface area contributed by atoms with Crippen LogP contribution in [-0.2, 0) is 0 Å². The third-order valence-corrected chi connectivity index (χ3v) is 5.33. The Morgan fingerprint density at radius 3 is 2.29 bits per heavy atom. The van der Waals surface area contributed by atoms with Gasteiger partial charge in [0.05, 0.1) is 0 Å². The Morgan fingerprint density at radius 2 is 1.71 bits per heavy atom. The zero-order valence-corrected chi connectivity index (χ0v) is 14.6. The van der Waals surface area contributed by atoms with Crippen molar-refractivity contribution in [1.29, 1.82) is 0 Å². The molecule has 21 heavy (non-hydrogen) atoms. The Morgan fingerprint density at radius 1 is 1.05 bits per heavy atom. The lowest BCUT2D eigenvalue weighted by Crippen LogP contribution is -2.33. The Bertz CT molecular complexity index is 431. The van der Waals surface area contributed by atoms with Crippen LogP contribution in [0.25, 0.3) is 0 Å². The standard InChI is InChI=1S/C20H33N/c1-6-9-21-20(18-8-7-16(4)17(5)13-18)19-11-14(2)10-15(3)12-19/h10-12,16-18,20-21H,6-9,13H2,1-5H3. The van der Waals surface area contributed by atoms with E-state index in [0.717, 1.165) is 24.3 Å². The average Bonchev–Trinajstić information content (AvgIpc) is 2.42. The predicted molar refractivity (Wildman–Crippen MR) is 92.6 cm³/mol. The number of nitrogens with one attached hydrogen (secondary N) is 1. The van der Waals surface area contributed by atoms with Crippen LogP contribution in [0.5, 0.6) is 0 Å². The van der Waals surface area contributed by atoms with Gasteiger partial charge in [-0.25, -0.2) is 0 Å². The fourth-order valence-corrected chi connectivity index (χ4v) is 3.94. The van der Waals surface area contributed by atoms with Crippen LogP contribution in [0, 0.1) is 31.6 Å². The first kappa shape index (κ1) is 16.5. The fourth-order valence-electron chi connectivity index (χ4n) is 3.94. The number of hydrogen-bond donors (Lipinski definition) is 1. The molecular formula is C20H33N. The van der Waals surface area contributed by atoms with Crippen LogP contribution in [0.3, 0.4) is 0 Å². The van der Waals surface area contributed by atoms with Crippen LogP contribution < -0.4 is 5.32 Å². The predicted octanol–water partition coefficient (Wildman–Crippen LogP) is 5.42. The largest absolute Gasteiger partial charge is 0.310 e. The van der Waals surface area contributed by atoms with E-state index < -0.39 is 0 Å². The van der Waals surface area contributed by atoms with E-state index in [1.54, 1.807) is 0 Å². The third-order valence-electron chi connectivity index (χ3n) is 5.33. The van der Waals surface area contributed by atoms with Crippen molar-refractivity contribution >= 4 is 0 Å². The second kappa shape index (κ2) is 7.45. The maximum Gasteiger partial charge on any atom is 0.0348 e. The first-order valence-corrected chi connectivity index (χ1v) is 8.82. The minimum atomic E-state index is 0.540. The van der Waals surface area contributed by atoms with Crippen molar-refractivity contribution in [1.82, 2.24) is 5.32 Å². The van der Waals surface area contributed by atoms with Gasteiger partial charge in [-0.3, -0.25) is 0 Å². The van der Waals surface area contributed by atoms with Crippen LogP contribution >= 0.6 is 0 Å². The SMILES string of the molecule is CCCNC(c1cc(C)cc(C)c1)C1CCC(C)C(C)C1. The molecule has 1 nitrogen and oxygen atoms in total. The summed E-state index contributed by atoms with van der Waals surface area (Å²) in [5, 5.41) is 3.85. The molecule has 1 fully saturated rings. The minimum Gasteiger partial charge on any atom is -0.310 e. The highest BCUT2D eigenvalue weighted by molar-refractivity contribution is 5.31. The van der Waals surface area contributed by atoms with Crippen LogP contribution in [0.15, 0.2) is 18.2 Å². The van der Waals surface area contributed by atoms with E-state index in [1.165, 1.54) is 42.4 Å². The third kappa shape index (κ3) is 4.32. The van der Waals surface area contributed by atoms with Gasteiger partial charge >= 0.3 is 0 Å². The monoisotopic (exact) mass is 287 g/mol. The van der Waals surface area contributed by atoms with Gasteiger partial charge in [0.2, 0.25) is 0 Å². The van der Waals surface area contributed by atoms with Crippen molar-refractivity contribution in [2.24, 2.45) is 17.8 Å². The van der Waals surface area contributed by atoms with Crippen molar-refractivity contribution in [3.8, 4) is 0 Å². The molecule has 2 rings (SSSR count). The zero-order chi connectivity index (χ0) is 15.4. The van der Waals surface area contributed by atoms with E-state index in [4.69, 9.17) is 0 Å². The molecule has 1 aromatic carbocycles. The van der Waals surface area contributed by atoms with Crippen LogP contribution in [-0.4, -0.2) is 6.54 Å². The maximum absolute atomic E-state index is 3.85. The molecule has 1 aliphatic carbocycles. The summed E-state index contributed by atoms with van der Waals surface area (Å²) in [6.45, 7) is 12.7. The van der Waals surface area contributed by atoms with Crippen molar-refractivity contribution in [2.45, 2.75) is 66.3 Å². The molecule has 0 radical (unpaired) electrons. The summed E-state index contributed by atoms with van der Waals surface area (Å²) in [5.41, 5.74) is 4.30. The zero-order valence-electron chi connectivity index (χ0n) is 14.6. The highest BCUT2D eigenvalue weighted by Crippen LogP contribution is 2.40. The van der Waals surface area contributed by atoms with Gasteiger partial charge in [-0.05, 0) is 63.0 Å². The van der Waals surface area contributed by atoms with E-state index >= 15 is 0 Å². The fraction of sp³-hybridized carbons (Fsp3) is 0.700. The maximum atomic E-state index is 3.85. The summed E-state index contributed by atoms with van der Waals surface area (Å²) in [5.74, 6) is 2.55. The Hall–Kier alpha value is -0.820. The van der Waals surface area contributed by atoms with Crippen molar-refractivity contribution in [2.75, 3.05) is 6.54 Å². The first-order valence-electron chi connectivity index (χ1n) is 8.82. The average molecular weight is 287 g/mol. The highest BCUT2D eigenvalue weighted by Gasteiger charge is 2.30. The molecule has 118 valence electrons. The summed E-state index contributed by atoms with van der Waals surface area (Å²) in [4.78, 5) is 0. The van der Waals surface area contributed by atoms with Crippen molar-refractivity contribution in [3.63, 3.8) is 0 Å². The lowest BCUT2D eigenvalue weighted by Gasteiger charge is -2.37. The van der Waals surface area contributed by atoms with Crippen LogP contribution in [0.4, 0.5) is 0 Å². The van der Waals surface area contributed by atoms with E-state index in [2.05, 4.69) is 58.1 Å². The Labute approximate surface area is 131 Å². The number of hydrogen-bond acceptors (Lipinski definition) is 1. The molecule has 0 bridgehead atoms. The normalized spacial score (nSPS) is 27.6. The van der Waals surface area contributed by atoms with Gasteiger partial charge in [0.15, 0.2) is 0 Å². The Kier molecular flexibility index (Phi) is 5.87. The molecule has 1 N–H and O–H groups in total. The van der Waals surface area contributed by atoms with Crippen molar-refractivity contribution in [3.05, 3.63) is 34.9 Å². The second-order valence-corrected chi connectivity index (χ2v) is 7.38. The molecule has 0 heterocycles. The highest BCUT2D eigenvalue weighted by atomic mass is 14.9. The number of benzene rings is 1. The van der Waals surface area contributed by atoms with E-state index in [-0.39, 0.29) is 0 Å². The number of aryl methyl sites for hydroxylation is 2. The molecule has 0 aliphatic heterocycles. The molecule has 4 atom stereocenters. The van der Waals surface area contributed by atoms with E-state index in [1.807, 2.05) is 0 Å². The van der Waals surface area contributed by atoms with Gasteiger partial charge in [-0.2, -0.15) is 0 Å². The summed E-state index contributed by atoms with van der Waals surface area (Å²) < 4.78 is 0. The molecule has 0 saturated heterocycles. The lowest BCUT2D eigenvalue weighted by atomic mass is 9.72. The molecule has 1 heteroatoms. The number of rotatable bonds is 5. The molecule has 1 aliphatic rings. The molecule has 1 aromatic rings. The first-order chi connectivity index (χ1) is 10.0. The van der Waals surface area contributed by atoms with Gasteiger partial charge in [-0.1, -0.05) is 56.5 Å². The van der Waals surface area contributed by atoms with E-state index in [0.29, 0.717) is 6.04 Å². The van der Waals surface area contributed by atoms with Crippen molar-refractivity contribution < 1.29 is 0 Å². The molecule has 0 aromatic heterocycles. The smallest absolute Gasteiger partial charge is 0.0348 e. The Balaban J connectivity index is 2.21. The minimum absolute atomic E-state index is 0.540. The molecule has 4 unspecified atom stereocenters. The van der Waals surface area contributed by atoms with E-state index in [9.17, 15) is 0 Å².